The zero-order chi connectivity index (χ0) is 22.3. The molecule has 1 aromatic heterocycles. The molecule has 3 aromatic rings. The second-order valence-corrected chi connectivity index (χ2v) is 9.26. The molecule has 8 heteroatoms. The number of anilines is 1. The van der Waals surface area contributed by atoms with Crippen molar-refractivity contribution < 1.29 is 9.53 Å². The highest BCUT2D eigenvalue weighted by molar-refractivity contribution is 7.09. The largest absolute Gasteiger partial charge is 0.486 e. The van der Waals surface area contributed by atoms with E-state index in [9.17, 15) is 4.79 Å². The predicted molar refractivity (Wildman–Crippen MR) is 129 cm³/mol. The molecular formula is C24H27ClN4O2S. The van der Waals surface area contributed by atoms with Crippen LogP contribution in [-0.4, -0.2) is 53.4 Å². The molecule has 0 saturated carbocycles. The van der Waals surface area contributed by atoms with Crippen molar-refractivity contribution in [3.8, 4) is 5.75 Å². The number of ether oxygens (including phenoxy) is 1. The third-order valence-electron chi connectivity index (χ3n) is 5.35. The maximum absolute atomic E-state index is 12.3. The molecule has 0 bridgehead atoms. The topological polar surface area (TPSA) is 57.7 Å². The fourth-order valence-corrected chi connectivity index (χ4v) is 4.44. The summed E-state index contributed by atoms with van der Waals surface area (Å²) >= 11 is 7.75. The minimum Gasteiger partial charge on any atom is -0.486 e. The molecule has 1 fully saturated rings. The summed E-state index contributed by atoms with van der Waals surface area (Å²) in [7, 11) is 0. The van der Waals surface area contributed by atoms with Crippen LogP contribution in [0.25, 0.3) is 0 Å². The van der Waals surface area contributed by atoms with Crippen molar-refractivity contribution in [2.24, 2.45) is 0 Å². The number of nitrogens with one attached hydrogen (secondary N) is 1. The number of carbonyl (C=O) groups excluding carboxylic acids is 1. The lowest BCUT2D eigenvalue weighted by molar-refractivity contribution is -0.117. The van der Waals surface area contributed by atoms with E-state index in [1.807, 2.05) is 42.5 Å². The zero-order valence-corrected chi connectivity index (χ0v) is 19.7. The van der Waals surface area contributed by atoms with Crippen LogP contribution in [0.15, 0.2) is 53.9 Å². The molecule has 1 N–H and O–H groups in total. The second kappa shape index (κ2) is 10.9. The van der Waals surface area contributed by atoms with Crippen molar-refractivity contribution in [3.05, 3.63) is 75.2 Å². The molecule has 6 nitrogen and oxygen atoms in total. The zero-order valence-electron chi connectivity index (χ0n) is 18.1. The Bertz CT molecular complexity index is 1030. The van der Waals surface area contributed by atoms with Crippen LogP contribution in [0.5, 0.6) is 5.75 Å². The predicted octanol–water partition coefficient (Wildman–Crippen LogP) is 4.44. The van der Waals surface area contributed by atoms with E-state index in [1.165, 1.54) is 5.56 Å². The van der Waals surface area contributed by atoms with Gasteiger partial charge in [0.15, 0.2) is 0 Å². The minimum absolute atomic E-state index is 0.0377. The molecule has 1 saturated heterocycles. The first-order valence-electron chi connectivity index (χ1n) is 10.7. The Morgan fingerprint density at radius 2 is 1.81 bits per heavy atom. The SMILES string of the molecule is Cc1ccc(OCc2nc(CN3CCN(CC(=O)Nc4ccccc4Cl)CC3)cs2)cc1. The Morgan fingerprint density at radius 3 is 2.56 bits per heavy atom. The normalized spacial score (nSPS) is 14.9. The number of thiazole rings is 1. The summed E-state index contributed by atoms with van der Waals surface area (Å²) < 4.78 is 5.83. The minimum atomic E-state index is -0.0377. The second-order valence-electron chi connectivity index (χ2n) is 7.91. The Hall–Kier alpha value is -2.45. The van der Waals surface area contributed by atoms with Gasteiger partial charge in [0.1, 0.15) is 17.4 Å². The molecule has 0 spiro atoms. The van der Waals surface area contributed by atoms with Gasteiger partial charge in [-0.25, -0.2) is 4.98 Å². The van der Waals surface area contributed by atoms with E-state index in [0.717, 1.165) is 49.2 Å². The third-order valence-corrected chi connectivity index (χ3v) is 6.55. The van der Waals surface area contributed by atoms with Gasteiger partial charge < -0.3 is 10.1 Å². The van der Waals surface area contributed by atoms with Crippen molar-refractivity contribution >= 4 is 34.5 Å². The molecule has 1 amide bonds. The summed E-state index contributed by atoms with van der Waals surface area (Å²) in [6.07, 6.45) is 0. The molecule has 0 atom stereocenters. The first-order chi connectivity index (χ1) is 15.5. The molecule has 32 heavy (non-hydrogen) atoms. The van der Waals surface area contributed by atoms with Crippen LogP contribution in [0.4, 0.5) is 5.69 Å². The quantitative estimate of drug-likeness (QED) is 0.527. The molecule has 2 aromatic carbocycles. The van der Waals surface area contributed by atoms with Crippen LogP contribution in [0.1, 0.15) is 16.3 Å². The number of piperazine rings is 1. The number of amides is 1. The monoisotopic (exact) mass is 470 g/mol. The summed E-state index contributed by atoms with van der Waals surface area (Å²) in [5.74, 6) is 0.825. The van der Waals surface area contributed by atoms with E-state index >= 15 is 0 Å². The van der Waals surface area contributed by atoms with Crippen LogP contribution >= 0.6 is 22.9 Å². The first-order valence-corrected chi connectivity index (χ1v) is 11.9. The maximum Gasteiger partial charge on any atom is 0.238 e. The average molecular weight is 471 g/mol. The highest BCUT2D eigenvalue weighted by atomic mass is 35.5. The van der Waals surface area contributed by atoms with Gasteiger partial charge in [-0.15, -0.1) is 11.3 Å². The summed E-state index contributed by atoms with van der Waals surface area (Å²) in [6, 6.07) is 15.3. The lowest BCUT2D eigenvalue weighted by Crippen LogP contribution is -2.48. The number of aromatic nitrogens is 1. The molecule has 0 aliphatic carbocycles. The van der Waals surface area contributed by atoms with Crippen LogP contribution < -0.4 is 10.1 Å². The van der Waals surface area contributed by atoms with Gasteiger partial charge in [0, 0.05) is 38.1 Å². The number of nitrogens with zero attached hydrogens (tertiary/aromatic N) is 3. The lowest BCUT2D eigenvalue weighted by Gasteiger charge is -2.33. The van der Waals surface area contributed by atoms with E-state index in [1.54, 1.807) is 17.4 Å². The van der Waals surface area contributed by atoms with E-state index in [-0.39, 0.29) is 5.91 Å². The number of rotatable bonds is 8. The van der Waals surface area contributed by atoms with Crippen molar-refractivity contribution in [3.63, 3.8) is 0 Å². The summed E-state index contributed by atoms with van der Waals surface area (Å²) in [6.45, 7) is 7.26. The van der Waals surface area contributed by atoms with E-state index in [4.69, 9.17) is 21.3 Å². The lowest BCUT2D eigenvalue weighted by atomic mass is 10.2. The van der Waals surface area contributed by atoms with Crippen LogP contribution in [-0.2, 0) is 17.9 Å². The number of hydrogen-bond acceptors (Lipinski definition) is 6. The fraction of sp³-hybridized carbons (Fsp3) is 0.333. The van der Waals surface area contributed by atoms with E-state index in [0.29, 0.717) is 23.9 Å². The first kappa shape index (κ1) is 22.7. The molecule has 1 aliphatic heterocycles. The molecule has 0 unspecified atom stereocenters. The fourth-order valence-electron chi connectivity index (χ4n) is 3.56. The van der Waals surface area contributed by atoms with Gasteiger partial charge in [0.05, 0.1) is 22.9 Å². The molecule has 4 rings (SSSR count). The summed E-state index contributed by atoms with van der Waals surface area (Å²) in [4.78, 5) is 21.6. The van der Waals surface area contributed by atoms with Gasteiger partial charge in [0.25, 0.3) is 0 Å². The van der Waals surface area contributed by atoms with Gasteiger partial charge in [0.2, 0.25) is 5.91 Å². The Morgan fingerprint density at radius 1 is 1.09 bits per heavy atom. The highest BCUT2D eigenvalue weighted by Gasteiger charge is 2.20. The van der Waals surface area contributed by atoms with E-state index < -0.39 is 0 Å². The Kier molecular flexibility index (Phi) is 7.76. The number of hydrogen-bond donors (Lipinski definition) is 1. The van der Waals surface area contributed by atoms with Gasteiger partial charge in [-0.2, -0.15) is 0 Å². The van der Waals surface area contributed by atoms with Gasteiger partial charge in [-0.3, -0.25) is 14.6 Å². The van der Waals surface area contributed by atoms with E-state index in [2.05, 4.69) is 27.4 Å². The third kappa shape index (κ3) is 6.53. The molecule has 168 valence electrons. The number of para-hydroxylation sites is 1. The standard InChI is InChI=1S/C24H27ClN4O2S/c1-18-6-8-20(9-7-18)31-16-24-26-19(17-32-24)14-28-10-12-29(13-11-28)15-23(30)27-22-5-3-2-4-21(22)25/h2-9,17H,10-16H2,1H3,(H,27,30). The van der Waals surface area contributed by atoms with Gasteiger partial charge in [-0.1, -0.05) is 41.4 Å². The van der Waals surface area contributed by atoms with Crippen molar-refractivity contribution in [1.29, 1.82) is 0 Å². The highest BCUT2D eigenvalue weighted by Crippen LogP contribution is 2.20. The van der Waals surface area contributed by atoms with Crippen LogP contribution in [0, 0.1) is 6.92 Å². The van der Waals surface area contributed by atoms with Crippen molar-refractivity contribution in [2.75, 3.05) is 38.0 Å². The molecule has 0 radical (unpaired) electrons. The smallest absolute Gasteiger partial charge is 0.238 e. The van der Waals surface area contributed by atoms with Crippen molar-refractivity contribution in [2.45, 2.75) is 20.1 Å². The summed E-state index contributed by atoms with van der Waals surface area (Å²) in [5, 5.41) is 6.53. The number of benzene rings is 2. The molecule has 1 aliphatic rings. The van der Waals surface area contributed by atoms with Crippen LogP contribution in [0.2, 0.25) is 5.02 Å². The Labute approximate surface area is 197 Å². The number of aryl methyl sites for hydroxylation is 1. The van der Waals surface area contributed by atoms with Crippen LogP contribution in [0.3, 0.4) is 0 Å². The molecule has 2 heterocycles. The molecular weight excluding hydrogens is 444 g/mol. The average Bonchev–Trinajstić information content (AvgIpc) is 3.24. The Balaban J connectivity index is 1.18. The summed E-state index contributed by atoms with van der Waals surface area (Å²) in [5.41, 5.74) is 2.95. The van der Waals surface area contributed by atoms with Gasteiger partial charge >= 0.3 is 0 Å². The number of carbonyl (C=O) groups is 1. The maximum atomic E-state index is 12.3. The van der Waals surface area contributed by atoms with Gasteiger partial charge in [-0.05, 0) is 31.2 Å². The van der Waals surface area contributed by atoms with Crippen molar-refractivity contribution in [1.82, 2.24) is 14.8 Å². The number of halogens is 1.